The van der Waals surface area contributed by atoms with Gasteiger partial charge in [0.2, 0.25) is 5.95 Å². The molecular formula is C15H15F2N5. The summed E-state index contributed by atoms with van der Waals surface area (Å²) in [6.45, 7) is 0.841. The Kier molecular flexibility index (Phi) is 3.20. The maximum Gasteiger partial charge on any atom is 0.272 e. The summed E-state index contributed by atoms with van der Waals surface area (Å²) in [6, 6.07) is 6.92. The van der Waals surface area contributed by atoms with Gasteiger partial charge in [-0.25, -0.2) is 13.8 Å². The zero-order valence-electron chi connectivity index (χ0n) is 12.1. The Morgan fingerprint density at radius 1 is 1.27 bits per heavy atom. The topological polar surface area (TPSA) is 68.8 Å². The SMILES string of the molecule is Cn1c(N)nc2c(Nc3cncc(C(C)(F)F)c3)cccc21. The van der Waals surface area contributed by atoms with E-state index in [9.17, 15) is 8.78 Å². The number of imidazole rings is 1. The highest BCUT2D eigenvalue weighted by Gasteiger charge is 2.25. The van der Waals surface area contributed by atoms with Gasteiger partial charge in [0.1, 0.15) is 5.52 Å². The van der Waals surface area contributed by atoms with Crippen LogP contribution in [0.2, 0.25) is 0 Å². The van der Waals surface area contributed by atoms with Crippen LogP contribution in [0.5, 0.6) is 0 Å². The monoisotopic (exact) mass is 303 g/mol. The van der Waals surface area contributed by atoms with Crippen molar-refractivity contribution in [2.75, 3.05) is 11.1 Å². The second-order valence-corrected chi connectivity index (χ2v) is 5.18. The van der Waals surface area contributed by atoms with E-state index in [4.69, 9.17) is 5.73 Å². The van der Waals surface area contributed by atoms with Crippen molar-refractivity contribution in [1.82, 2.24) is 14.5 Å². The number of nitrogens with zero attached hydrogens (tertiary/aromatic N) is 3. The third kappa shape index (κ3) is 2.45. The van der Waals surface area contributed by atoms with Gasteiger partial charge >= 0.3 is 0 Å². The lowest BCUT2D eigenvalue weighted by molar-refractivity contribution is 0.0172. The number of hydrogen-bond acceptors (Lipinski definition) is 4. The first-order chi connectivity index (χ1) is 10.4. The number of benzene rings is 1. The lowest BCUT2D eigenvalue weighted by Crippen LogP contribution is -2.08. The lowest BCUT2D eigenvalue weighted by Gasteiger charge is -2.12. The number of anilines is 3. The van der Waals surface area contributed by atoms with E-state index in [0.717, 1.165) is 18.6 Å². The number of hydrogen-bond donors (Lipinski definition) is 2. The van der Waals surface area contributed by atoms with Gasteiger partial charge in [-0.1, -0.05) is 6.07 Å². The largest absolute Gasteiger partial charge is 0.369 e. The van der Waals surface area contributed by atoms with Crippen LogP contribution < -0.4 is 11.1 Å². The minimum atomic E-state index is -2.94. The maximum atomic E-state index is 13.4. The average molecular weight is 303 g/mol. The van der Waals surface area contributed by atoms with Gasteiger partial charge in [-0.2, -0.15) is 0 Å². The zero-order valence-corrected chi connectivity index (χ0v) is 12.1. The molecule has 0 fully saturated rings. The number of nitrogen functional groups attached to an aromatic ring is 1. The first kappa shape index (κ1) is 14.2. The smallest absolute Gasteiger partial charge is 0.272 e. The van der Waals surface area contributed by atoms with E-state index in [1.54, 1.807) is 4.57 Å². The molecule has 114 valence electrons. The minimum Gasteiger partial charge on any atom is -0.369 e. The van der Waals surface area contributed by atoms with Crippen molar-refractivity contribution < 1.29 is 8.78 Å². The molecule has 0 saturated carbocycles. The van der Waals surface area contributed by atoms with Crippen molar-refractivity contribution in [3.05, 3.63) is 42.2 Å². The molecule has 0 atom stereocenters. The molecule has 0 unspecified atom stereocenters. The minimum absolute atomic E-state index is 0.148. The van der Waals surface area contributed by atoms with Gasteiger partial charge in [-0.3, -0.25) is 4.98 Å². The molecule has 0 saturated heterocycles. The van der Waals surface area contributed by atoms with Crippen molar-refractivity contribution in [1.29, 1.82) is 0 Å². The third-order valence-corrected chi connectivity index (χ3v) is 3.47. The number of para-hydroxylation sites is 1. The van der Waals surface area contributed by atoms with Crippen LogP contribution in [0, 0.1) is 0 Å². The van der Waals surface area contributed by atoms with Crippen molar-refractivity contribution in [3.63, 3.8) is 0 Å². The molecule has 1 aromatic carbocycles. The summed E-state index contributed by atoms with van der Waals surface area (Å²) >= 11 is 0. The summed E-state index contributed by atoms with van der Waals surface area (Å²) in [5.74, 6) is -2.55. The van der Waals surface area contributed by atoms with Gasteiger partial charge in [0.05, 0.1) is 23.1 Å². The van der Waals surface area contributed by atoms with Crippen LogP contribution in [0.4, 0.5) is 26.1 Å². The van der Waals surface area contributed by atoms with Crippen LogP contribution in [-0.4, -0.2) is 14.5 Å². The van der Waals surface area contributed by atoms with Gasteiger partial charge in [0, 0.05) is 25.7 Å². The molecule has 5 nitrogen and oxygen atoms in total. The van der Waals surface area contributed by atoms with Crippen LogP contribution in [0.1, 0.15) is 12.5 Å². The highest BCUT2D eigenvalue weighted by atomic mass is 19.3. The molecule has 0 radical (unpaired) electrons. The first-order valence-corrected chi connectivity index (χ1v) is 6.67. The summed E-state index contributed by atoms with van der Waals surface area (Å²) < 4.78 is 28.5. The molecule has 2 heterocycles. The number of aryl methyl sites for hydroxylation is 1. The molecule has 0 aliphatic carbocycles. The molecule has 3 aromatic rings. The van der Waals surface area contributed by atoms with E-state index in [2.05, 4.69) is 15.3 Å². The Morgan fingerprint density at radius 2 is 2.05 bits per heavy atom. The number of pyridine rings is 1. The Morgan fingerprint density at radius 3 is 2.77 bits per heavy atom. The van der Waals surface area contributed by atoms with E-state index >= 15 is 0 Å². The van der Waals surface area contributed by atoms with Gasteiger partial charge in [0.15, 0.2) is 0 Å². The third-order valence-electron chi connectivity index (χ3n) is 3.47. The number of nitrogens with two attached hydrogens (primary N) is 1. The Hall–Kier alpha value is -2.70. The number of rotatable bonds is 3. The van der Waals surface area contributed by atoms with Crippen LogP contribution in [0.15, 0.2) is 36.7 Å². The van der Waals surface area contributed by atoms with Crippen molar-refractivity contribution in [3.8, 4) is 0 Å². The molecule has 7 heteroatoms. The first-order valence-electron chi connectivity index (χ1n) is 6.67. The van der Waals surface area contributed by atoms with E-state index in [1.807, 2.05) is 25.2 Å². The van der Waals surface area contributed by atoms with E-state index in [1.165, 1.54) is 12.3 Å². The van der Waals surface area contributed by atoms with Gasteiger partial charge in [0.25, 0.3) is 5.92 Å². The summed E-state index contributed by atoms with van der Waals surface area (Å²) in [5.41, 5.74) is 8.34. The fourth-order valence-corrected chi connectivity index (χ4v) is 2.24. The quantitative estimate of drug-likeness (QED) is 0.778. The molecular weight excluding hydrogens is 288 g/mol. The predicted octanol–water partition coefficient (Wildman–Crippen LogP) is 3.41. The Bertz CT molecular complexity index is 836. The summed E-state index contributed by atoms with van der Waals surface area (Å²) in [5, 5.41) is 3.07. The van der Waals surface area contributed by atoms with Crippen LogP contribution in [0.3, 0.4) is 0 Å². The molecule has 22 heavy (non-hydrogen) atoms. The fourth-order valence-electron chi connectivity index (χ4n) is 2.24. The number of alkyl halides is 2. The van der Waals surface area contributed by atoms with Gasteiger partial charge < -0.3 is 15.6 Å². The van der Waals surface area contributed by atoms with Crippen LogP contribution in [-0.2, 0) is 13.0 Å². The molecule has 3 rings (SSSR count). The second-order valence-electron chi connectivity index (χ2n) is 5.18. The highest BCUT2D eigenvalue weighted by Crippen LogP contribution is 2.30. The molecule has 0 amide bonds. The van der Waals surface area contributed by atoms with E-state index < -0.39 is 5.92 Å². The van der Waals surface area contributed by atoms with Gasteiger partial charge in [-0.05, 0) is 18.2 Å². The molecule has 0 aliphatic heterocycles. The average Bonchev–Trinajstić information content (AvgIpc) is 2.75. The summed E-state index contributed by atoms with van der Waals surface area (Å²) in [4.78, 5) is 8.15. The van der Waals surface area contributed by atoms with E-state index in [-0.39, 0.29) is 5.56 Å². The Balaban J connectivity index is 2.02. The summed E-state index contributed by atoms with van der Waals surface area (Å²) in [7, 11) is 1.81. The molecule has 3 N–H and O–H groups in total. The van der Waals surface area contributed by atoms with Crippen molar-refractivity contribution >= 4 is 28.4 Å². The predicted molar refractivity (Wildman–Crippen MR) is 82.2 cm³/mol. The zero-order chi connectivity index (χ0) is 15.9. The van der Waals surface area contributed by atoms with Crippen molar-refractivity contribution in [2.45, 2.75) is 12.8 Å². The van der Waals surface area contributed by atoms with Crippen LogP contribution in [0.25, 0.3) is 11.0 Å². The normalized spacial score (nSPS) is 11.8. The molecule has 2 aromatic heterocycles. The Labute approximate surface area is 125 Å². The highest BCUT2D eigenvalue weighted by molar-refractivity contribution is 5.92. The number of halogens is 2. The number of fused-ring (bicyclic) bond motifs is 1. The second kappa shape index (κ2) is 4.94. The number of nitrogens with one attached hydrogen (secondary N) is 1. The van der Waals surface area contributed by atoms with Crippen LogP contribution >= 0.6 is 0 Å². The number of aromatic nitrogens is 3. The fraction of sp³-hybridized carbons (Fsp3) is 0.200. The summed E-state index contributed by atoms with van der Waals surface area (Å²) in [6.07, 6.45) is 2.64. The van der Waals surface area contributed by atoms with Crippen molar-refractivity contribution in [2.24, 2.45) is 7.05 Å². The standard InChI is InChI=1S/C15H15F2N5/c1-15(16,17)9-6-10(8-19-7-9)20-11-4-3-5-12-13(11)21-14(18)22(12)2/h3-8,20H,1-2H3,(H2,18,21). The lowest BCUT2D eigenvalue weighted by atomic mass is 10.1. The maximum absolute atomic E-state index is 13.4. The van der Waals surface area contributed by atoms with E-state index in [0.29, 0.717) is 22.8 Å². The van der Waals surface area contributed by atoms with Gasteiger partial charge in [-0.15, -0.1) is 0 Å². The molecule has 0 aliphatic rings. The molecule has 0 bridgehead atoms. The molecule has 0 spiro atoms.